The van der Waals surface area contributed by atoms with Gasteiger partial charge in [-0.15, -0.1) is 0 Å². The van der Waals surface area contributed by atoms with Gasteiger partial charge in [0.1, 0.15) is 11.5 Å². The molecule has 0 aromatic heterocycles. The van der Waals surface area contributed by atoms with E-state index in [-0.39, 0.29) is 12.1 Å². The van der Waals surface area contributed by atoms with Crippen molar-refractivity contribution in [3.05, 3.63) is 59.7 Å². The number of hydrogen-bond acceptors (Lipinski definition) is 4. The molecule has 2 N–H and O–H groups in total. The van der Waals surface area contributed by atoms with Gasteiger partial charge in [-0.25, -0.2) is 9.59 Å². The van der Waals surface area contributed by atoms with Crippen molar-refractivity contribution in [3.63, 3.8) is 0 Å². The first-order chi connectivity index (χ1) is 17.4. The van der Waals surface area contributed by atoms with E-state index < -0.39 is 0 Å². The van der Waals surface area contributed by atoms with E-state index >= 15 is 0 Å². The molecule has 8 nitrogen and oxygen atoms in total. The van der Waals surface area contributed by atoms with Gasteiger partial charge in [-0.3, -0.25) is 0 Å². The summed E-state index contributed by atoms with van der Waals surface area (Å²) in [5, 5.41) is 6.18. The molecule has 0 heterocycles. The van der Waals surface area contributed by atoms with E-state index in [9.17, 15) is 9.59 Å². The highest BCUT2D eigenvalue weighted by atomic mass is 16.5. The summed E-state index contributed by atoms with van der Waals surface area (Å²) in [5.74, 6) is 2.39. The van der Waals surface area contributed by atoms with E-state index in [1.807, 2.05) is 48.5 Å². The first-order valence-corrected chi connectivity index (χ1v) is 12.6. The molecule has 36 heavy (non-hydrogen) atoms. The first kappa shape index (κ1) is 27.2. The Labute approximate surface area is 214 Å². The molecule has 2 aromatic carbocycles. The Morgan fingerprint density at radius 1 is 0.778 bits per heavy atom. The molecular weight excluding hydrogens is 456 g/mol. The van der Waals surface area contributed by atoms with Crippen LogP contribution in [0.1, 0.15) is 36.8 Å². The standard InChI is InChI=1S/C28H40N4O4/c1-31(19-23-12-5-7-14-25(23)35-3)27(33)29-17-21-10-9-11-22(16-21)18-30-28(34)32(2)20-24-13-6-8-15-26(24)36-4/h5-8,12-15,21-22H,9-11,16-20H2,1-4H3,(H,29,33)(H,30,34)/t21-,22-/m0/s1. The number of carbonyl (C=O) groups excluding carboxylic acids is 2. The molecule has 196 valence electrons. The van der Waals surface area contributed by atoms with E-state index in [4.69, 9.17) is 9.47 Å². The van der Waals surface area contributed by atoms with Gasteiger partial charge < -0.3 is 29.9 Å². The molecule has 3 rings (SSSR count). The van der Waals surface area contributed by atoms with Crippen molar-refractivity contribution >= 4 is 12.1 Å². The van der Waals surface area contributed by atoms with Gasteiger partial charge in [0.15, 0.2) is 0 Å². The first-order valence-electron chi connectivity index (χ1n) is 12.6. The highest BCUT2D eigenvalue weighted by Gasteiger charge is 2.24. The Balaban J connectivity index is 1.40. The maximum absolute atomic E-state index is 12.7. The number of amides is 4. The number of para-hydroxylation sites is 2. The average Bonchev–Trinajstić information content (AvgIpc) is 2.91. The largest absolute Gasteiger partial charge is 0.496 e. The summed E-state index contributed by atoms with van der Waals surface area (Å²) in [5.41, 5.74) is 1.95. The lowest BCUT2D eigenvalue weighted by molar-refractivity contribution is 0.193. The van der Waals surface area contributed by atoms with E-state index in [1.165, 1.54) is 0 Å². The Kier molecular flexibility index (Phi) is 10.3. The van der Waals surface area contributed by atoms with Crippen LogP contribution in [0, 0.1) is 11.8 Å². The van der Waals surface area contributed by atoms with Gasteiger partial charge in [-0.2, -0.15) is 0 Å². The third-order valence-electron chi connectivity index (χ3n) is 6.87. The molecule has 1 aliphatic carbocycles. The Hall–Kier alpha value is -3.42. The van der Waals surface area contributed by atoms with E-state index in [0.29, 0.717) is 38.0 Å². The van der Waals surface area contributed by atoms with Crippen LogP contribution in [0.4, 0.5) is 9.59 Å². The number of benzene rings is 2. The monoisotopic (exact) mass is 496 g/mol. The van der Waals surface area contributed by atoms with Crippen LogP contribution in [0.5, 0.6) is 11.5 Å². The van der Waals surface area contributed by atoms with E-state index in [2.05, 4.69) is 10.6 Å². The molecular formula is C28H40N4O4. The zero-order chi connectivity index (χ0) is 25.9. The van der Waals surface area contributed by atoms with Crippen LogP contribution < -0.4 is 20.1 Å². The third kappa shape index (κ3) is 7.80. The summed E-state index contributed by atoms with van der Waals surface area (Å²) >= 11 is 0. The molecule has 4 amide bonds. The van der Waals surface area contributed by atoms with Crippen LogP contribution in [-0.4, -0.2) is 63.3 Å². The lowest BCUT2D eigenvalue weighted by Gasteiger charge is -2.30. The second-order valence-electron chi connectivity index (χ2n) is 9.61. The SMILES string of the molecule is COc1ccccc1CN(C)C(=O)NC[C@H]1CCC[C@H](CNC(=O)N(C)Cc2ccccc2OC)C1. The van der Waals surface area contributed by atoms with Gasteiger partial charge >= 0.3 is 12.1 Å². The normalized spacial score (nSPS) is 17.1. The van der Waals surface area contributed by atoms with Crippen molar-refractivity contribution in [3.8, 4) is 11.5 Å². The number of methoxy groups -OCH3 is 2. The topological polar surface area (TPSA) is 83.1 Å². The molecule has 0 bridgehead atoms. The lowest BCUT2D eigenvalue weighted by atomic mass is 9.81. The van der Waals surface area contributed by atoms with E-state index in [0.717, 1.165) is 48.3 Å². The van der Waals surface area contributed by atoms with Crippen LogP contribution >= 0.6 is 0 Å². The van der Waals surface area contributed by atoms with Crippen LogP contribution in [-0.2, 0) is 13.1 Å². The van der Waals surface area contributed by atoms with Crippen LogP contribution in [0.25, 0.3) is 0 Å². The second-order valence-corrected chi connectivity index (χ2v) is 9.61. The molecule has 8 heteroatoms. The fourth-order valence-electron chi connectivity index (χ4n) is 4.83. The number of urea groups is 2. The van der Waals surface area contributed by atoms with Gasteiger partial charge in [0, 0.05) is 38.3 Å². The number of hydrogen-bond donors (Lipinski definition) is 2. The number of ether oxygens (including phenoxy) is 2. The third-order valence-corrected chi connectivity index (χ3v) is 6.87. The smallest absolute Gasteiger partial charge is 0.317 e. The minimum Gasteiger partial charge on any atom is -0.496 e. The van der Waals surface area contributed by atoms with Crippen molar-refractivity contribution in [1.29, 1.82) is 0 Å². The fourth-order valence-corrected chi connectivity index (χ4v) is 4.83. The molecule has 0 spiro atoms. The predicted octanol–water partition coefficient (Wildman–Crippen LogP) is 4.49. The summed E-state index contributed by atoms with van der Waals surface area (Å²) in [6.07, 6.45) is 4.28. The van der Waals surface area contributed by atoms with Gasteiger partial charge in [0.05, 0.1) is 27.3 Å². The van der Waals surface area contributed by atoms with Crippen LogP contribution in [0.3, 0.4) is 0 Å². The van der Waals surface area contributed by atoms with Crippen molar-refractivity contribution in [2.45, 2.75) is 38.8 Å². The predicted molar refractivity (Wildman–Crippen MR) is 141 cm³/mol. The summed E-state index contributed by atoms with van der Waals surface area (Å²) in [4.78, 5) is 28.7. The molecule has 0 radical (unpaired) electrons. The van der Waals surface area contributed by atoms with Crippen molar-refractivity contribution in [1.82, 2.24) is 20.4 Å². The minimum absolute atomic E-state index is 0.0886. The lowest BCUT2D eigenvalue weighted by Crippen LogP contribution is -2.42. The van der Waals surface area contributed by atoms with Gasteiger partial charge in [0.2, 0.25) is 0 Å². The van der Waals surface area contributed by atoms with Crippen molar-refractivity contribution in [2.75, 3.05) is 41.4 Å². The average molecular weight is 497 g/mol. The maximum Gasteiger partial charge on any atom is 0.317 e. The fraction of sp³-hybridized carbons (Fsp3) is 0.500. The number of rotatable bonds is 10. The zero-order valence-corrected chi connectivity index (χ0v) is 22.0. The highest BCUT2D eigenvalue weighted by Crippen LogP contribution is 2.28. The molecule has 2 aromatic rings. The molecule has 1 aliphatic rings. The highest BCUT2D eigenvalue weighted by molar-refractivity contribution is 5.74. The van der Waals surface area contributed by atoms with Gasteiger partial charge in [-0.1, -0.05) is 42.8 Å². The molecule has 1 fully saturated rings. The number of carbonyl (C=O) groups is 2. The molecule has 0 unspecified atom stereocenters. The maximum atomic E-state index is 12.7. The summed E-state index contributed by atoms with van der Waals surface area (Å²) in [6.45, 7) is 2.26. The molecule has 0 aliphatic heterocycles. The summed E-state index contributed by atoms with van der Waals surface area (Å²) in [6, 6.07) is 15.3. The van der Waals surface area contributed by atoms with Crippen molar-refractivity contribution in [2.24, 2.45) is 11.8 Å². The minimum atomic E-state index is -0.0886. The Bertz CT molecular complexity index is 922. The van der Waals surface area contributed by atoms with E-state index in [1.54, 1.807) is 38.1 Å². The van der Waals surface area contributed by atoms with Gasteiger partial charge in [-0.05, 0) is 43.2 Å². The Morgan fingerprint density at radius 3 is 1.61 bits per heavy atom. The molecule has 2 atom stereocenters. The summed E-state index contributed by atoms with van der Waals surface area (Å²) in [7, 11) is 6.86. The second kappa shape index (κ2) is 13.6. The van der Waals surface area contributed by atoms with Crippen LogP contribution in [0.15, 0.2) is 48.5 Å². The Morgan fingerprint density at radius 2 is 1.19 bits per heavy atom. The van der Waals surface area contributed by atoms with Crippen LogP contribution in [0.2, 0.25) is 0 Å². The molecule has 0 saturated heterocycles. The number of nitrogens with zero attached hydrogens (tertiary/aromatic N) is 2. The zero-order valence-electron chi connectivity index (χ0n) is 22.0. The summed E-state index contributed by atoms with van der Waals surface area (Å²) < 4.78 is 10.8. The number of nitrogens with one attached hydrogen (secondary N) is 2. The molecule has 1 saturated carbocycles. The quantitative estimate of drug-likeness (QED) is 0.508. The van der Waals surface area contributed by atoms with Crippen molar-refractivity contribution < 1.29 is 19.1 Å². The van der Waals surface area contributed by atoms with Gasteiger partial charge in [0.25, 0.3) is 0 Å².